The number of carbonyl (C=O) groups is 3. The minimum Gasteiger partial charge on any atom is -0.480 e. The molecule has 1 saturated heterocycles. The number of carboxylic acids is 1. The summed E-state index contributed by atoms with van der Waals surface area (Å²) in [5.41, 5.74) is 0.238. The van der Waals surface area contributed by atoms with Crippen LogP contribution in [0.25, 0.3) is 0 Å². The highest BCUT2D eigenvalue weighted by molar-refractivity contribution is 7.89. The Morgan fingerprint density at radius 1 is 1.23 bits per heavy atom. The maximum atomic E-state index is 12.8. The average Bonchev–Trinajstić information content (AvgIpc) is 3.33. The standard InChI is InChI=1S/C18H17Cl2N3O6S2/c19-14-7-6-12(30-14)17(25)21-9-10(18(26)27)22-31(28,29)13-4-1-3-11(16(13)20)23-8-2-5-15(23)24/h1,3-4,6-7,10,22H,2,5,8-9H2,(H,21,25)(H,26,27)/t10-/m0/s1. The lowest BCUT2D eigenvalue weighted by atomic mass is 10.3. The van der Waals surface area contributed by atoms with Crippen molar-refractivity contribution in [3.63, 3.8) is 0 Å². The van der Waals surface area contributed by atoms with E-state index in [0.717, 1.165) is 11.3 Å². The second-order valence-corrected chi connectivity index (χ2v) is 10.3. The summed E-state index contributed by atoms with van der Waals surface area (Å²) >= 11 is 13.0. The third-order valence-corrected chi connectivity index (χ3v) is 7.71. The Bertz CT molecular complexity index is 1140. The van der Waals surface area contributed by atoms with Gasteiger partial charge in [0.15, 0.2) is 0 Å². The molecule has 2 amide bonds. The van der Waals surface area contributed by atoms with Crippen LogP contribution in [0.2, 0.25) is 9.36 Å². The molecule has 3 N–H and O–H groups in total. The molecule has 31 heavy (non-hydrogen) atoms. The number of amides is 2. The number of carbonyl (C=O) groups excluding carboxylic acids is 2. The van der Waals surface area contributed by atoms with Gasteiger partial charge in [-0.2, -0.15) is 4.72 Å². The van der Waals surface area contributed by atoms with Crippen molar-refractivity contribution in [2.75, 3.05) is 18.0 Å². The van der Waals surface area contributed by atoms with Gasteiger partial charge in [0.25, 0.3) is 5.91 Å². The normalized spacial score (nSPS) is 15.2. The molecule has 0 unspecified atom stereocenters. The van der Waals surface area contributed by atoms with Gasteiger partial charge < -0.3 is 15.3 Å². The van der Waals surface area contributed by atoms with Gasteiger partial charge in [0, 0.05) is 19.5 Å². The first-order valence-electron chi connectivity index (χ1n) is 8.97. The second-order valence-electron chi connectivity index (χ2n) is 6.56. The number of halogens is 2. The van der Waals surface area contributed by atoms with Crippen LogP contribution in [0.4, 0.5) is 5.69 Å². The Balaban J connectivity index is 1.78. The lowest BCUT2D eigenvalue weighted by Crippen LogP contribution is -2.48. The number of sulfonamides is 1. The highest BCUT2D eigenvalue weighted by Gasteiger charge is 2.31. The number of nitrogens with one attached hydrogen (secondary N) is 2. The number of hydrogen-bond acceptors (Lipinski definition) is 6. The van der Waals surface area contributed by atoms with E-state index in [1.165, 1.54) is 35.2 Å². The van der Waals surface area contributed by atoms with Crippen LogP contribution in [0.1, 0.15) is 22.5 Å². The zero-order valence-corrected chi connectivity index (χ0v) is 18.9. The summed E-state index contributed by atoms with van der Waals surface area (Å²) in [6.07, 6.45) is 0.961. The SMILES string of the molecule is O=C(NC[C@H](NS(=O)(=O)c1cccc(N2CCCC2=O)c1Cl)C(=O)O)c1ccc(Cl)s1. The van der Waals surface area contributed by atoms with Crippen molar-refractivity contribution in [3.05, 3.63) is 44.6 Å². The van der Waals surface area contributed by atoms with Crippen LogP contribution in [0.3, 0.4) is 0 Å². The van der Waals surface area contributed by atoms with Gasteiger partial charge in [-0.15, -0.1) is 11.3 Å². The second kappa shape index (κ2) is 9.53. The predicted octanol–water partition coefficient (Wildman–Crippen LogP) is 2.34. The monoisotopic (exact) mass is 505 g/mol. The van der Waals surface area contributed by atoms with Gasteiger partial charge in [0.1, 0.15) is 10.9 Å². The van der Waals surface area contributed by atoms with Crippen LogP contribution in [-0.4, -0.2) is 50.4 Å². The molecule has 0 aliphatic carbocycles. The van der Waals surface area contributed by atoms with E-state index in [9.17, 15) is 27.9 Å². The molecule has 0 radical (unpaired) electrons. The zero-order chi connectivity index (χ0) is 22.8. The summed E-state index contributed by atoms with van der Waals surface area (Å²) in [5, 5.41) is 11.6. The highest BCUT2D eigenvalue weighted by atomic mass is 35.5. The van der Waals surface area contributed by atoms with Crippen LogP contribution in [0, 0.1) is 0 Å². The Morgan fingerprint density at radius 2 is 1.97 bits per heavy atom. The summed E-state index contributed by atoms with van der Waals surface area (Å²) in [6.45, 7) is -0.100. The molecule has 1 atom stereocenters. The molecule has 2 heterocycles. The van der Waals surface area contributed by atoms with Gasteiger partial charge in [-0.3, -0.25) is 14.4 Å². The lowest BCUT2D eigenvalue weighted by Gasteiger charge is -2.20. The molecule has 2 aromatic rings. The van der Waals surface area contributed by atoms with Crippen molar-refractivity contribution < 1.29 is 27.9 Å². The Kier molecular flexibility index (Phi) is 7.22. The molecule has 0 saturated carbocycles. The first-order valence-corrected chi connectivity index (χ1v) is 12.0. The van der Waals surface area contributed by atoms with Gasteiger partial charge in [0.2, 0.25) is 15.9 Å². The Morgan fingerprint density at radius 3 is 2.55 bits per heavy atom. The van der Waals surface area contributed by atoms with Crippen molar-refractivity contribution >= 4 is 68.0 Å². The molecular weight excluding hydrogens is 489 g/mol. The maximum absolute atomic E-state index is 12.8. The van der Waals surface area contributed by atoms with Crippen LogP contribution in [0.15, 0.2) is 35.2 Å². The van der Waals surface area contributed by atoms with E-state index in [2.05, 4.69) is 5.32 Å². The molecular formula is C18H17Cl2N3O6S2. The summed E-state index contributed by atoms with van der Waals surface area (Å²) in [5.74, 6) is -2.26. The van der Waals surface area contributed by atoms with Gasteiger partial charge in [0.05, 0.1) is 19.9 Å². The highest BCUT2D eigenvalue weighted by Crippen LogP contribution is 2.34. The van der Waals surface area contributed by atoms with E-state index >= 15 is 0 Å². The van der Waals surface area contributed by atoms with Crippen LogP contribution in [-0.2, 0) is 19.6 Å². The minimum atomic E-state index is -4.38. The molecule has 9 nitrogen and oxygen atoms in total. The van der Waals surface area contributed by atoms with Crippen molar-refractivity contribution in [3.8, 4) is 0 Å². The van der Waals surface area contributed by atoms with E-state index in [1.807, 2.05) is 4.72 Å². The fourth-order valence-corrected chi connectivity index (χ4v) is 5.74. The summed E-state index contributed by atoms with van der Waals surface area (Å²) in [6, 6.07) is 5.47. The van der Waals surface area contributed by atoms with Crippen LogP contribution < -0.4 is 14.9 Å². The quantitative estimate of drug-likeness (QED) is 0.504. The van der Waals surface area contributed by atoms with Crippen molar-refractivity contribution in [1.29, 1.82) is 0 Å². The molecule has 3 rings (SSSR count). The van der Waals surface area contributed by atoms with E-state index in [0.29, 0.717) is 23.7 Å². The maximum Gasteiger partial charge on any atom is 0.323 e. The summed E-state index contributed by atoms with van der Waals surface area (Å²) < 4.78 is 28.1. The van der Waals surface area contributed by atoms with Crippen LogP contribution >= 0.6 is 34.5 Å². The van der Waals surface area contributed by atoms with Crippen molar-refractivity contribution in [1.82, 2.24) is 10.0 Å². The fraction of sp³-hybridized carbons (Fsp3) is 0.278. The van der Waals surface area contributed by atoms with E-state index < -0.39 is 34.5 Å². The number of rotatable bonds is 8. The lowest BCUT2D eigenvalue weighted by molar-refractivity contribution is -0.138. The van der Waals surface area contributed by atoms with Gasteiger partial charge >= 0.3 is 5.97 Å². The number of hydrogen-bond donors (Lipinski definition) is 3. The molecule has 1 aromatic heterocycles. The van der Waals surface area contributed by atoms with Gasteiger partial charge in [-0.1, -0.05) is 29.3 Å². The van der Waals surface area contributed by atoms with Crippen molar-refractivity contribution in [2.45, 2.75) is 23.8 Å². The van der Waals surface area contributed by atoms with E-state index in [1.54, 1.807) is 0 Å². The number of aliphatic carboxylic acids is 1. The summed E-state index contributed by atoms with van der Waals surface area (Å²) in [4.78, 5) is 37.0. The number of thiophene rings is 1. The van der Waals surface area contributed by atoms with Crippen LogP contribution in [0.5, 0.6) is 0 Å². The largest absolute Gasteiger partial charge is 0.480 e. The first-order chi connectivity index (χ1) is 14.6. The number of nitrogens with zero attached hydrogens (tertiary/aromatic N) is 1. The topological polar surface area (TPSA) is 133 Å². The molecule has 13 heteroatoms. The van der Waals surface area contributed by atoms with Gasteiger partial charge in [-0.05, 0) is 30.7 Å². The Labute approximate surface area is 192 Å². The molecule has 1 aliphatic rings. The van der Waals surface area contributed by atoms with Gasteiger partial charge in [-0.25, -0.2) is 8.42 Å². The Hall–Kier alpha value is -2.18. The molecule has 166 valence electrons. The van der Waals surface area contributed by atoms with Crippen molar-refractivity contribution in [2.24, 2.45) is 0 Å². The van der Waals surface area contributed by atoms with E-state index in [4.69, 9.17) is 23.2 Å². The number of benzene rings is 1. The third-order valence-electron chi connectivity index (χ3n) is 4.46. The molecule has 1 fully saturated rings. The third kappa shape index (κ3) is 5.36. The fourth-order valence-electron chi connectivity index (χ4n) is 2.97. The predicted molar refractivity (Wildman–Crippen MR) is 116 cm³/mol. The molecule has 1 aliphatic heterocycles. The zero-order valence-electron chi connectivity index (χ0n) is 15.8. The number of anilines is 1. The number of carboxylic acid groups (broad SMARTS) is 1. The first kappa shape index (κ1) is 23.5. The smallest absolute Gasteiger partial charge is 0.323 e. The summed E-state index contributed by atoms with van der Waals surface area (Å²) in [7, 11) is -4.38. The molecule has 1 aromatic carbocycles. The van der Waals surface area contributed by atoms with E-state index in [-0.39, 0.29) is 26.4 Å². The average molecular weight is 506 g/mol. The molecule has 0 spiro atoms. The minimum absolute atomic E-state index is 0.177. The molecule has 0 bridgehead atoms.